The number of hydrogen-bond donors (Lipinski definition) is 1. The Balaban J connectivity index is 1.63. The van der Waals surface area contributed by atoms with Crippen LogP contribution in [-0.2, 0) is 24.9 Å². The zero-order chi connectivity index (χ0) is 16.9. The van der Waals surface area contributed by atoms with Gasteiger partial charge in [0.15, 0.2) is 0 Å². The minimum absolute atomic E-state index is 0.116. The highest BCUT2D eigenvalue weighted by atomic mass is 16.2. The van der Waals surface area contributed by atoms with Crippen molar-refractivity contribution < 1.29 is 4.79 Å². The maximum atomic E-state index is 12.0. The highest BCUT2D eigenvalue weighted by Crippen LogP contribution is 2.18. The number of rotatable bonds is 5. The molecule has 0 saturated carbocycles. The van der Waals surface area contributed by atoms with Crippen molar-refractivity contribution in [1.82, 2.24) is 29.9 Å². The molecule has 0 fully saturated rings. The van der Waals surface area contributed by atoms with Crippen LogP contribution in [0.4, 0.5) is 0 Å². The van der Waals surface area contributed by atoms with Gasteiger partial charge >= 0.3 is 0 Å². The lowest BCUT2D eigenvalue weighted by atomic mass is 10.1. The topological polar surface area (TPSA) is 94.7 Å². The molecule has 0 bridgehead atoms. The van der Waals surface area contributed by atoms with Gasteiger partial charge in [-0.1, -0.05) is 0 Å². The summed E-state index contributed by atoms with van der Waals surface area (Å²) < 4.78 is 2.83. The smallest absolute Gasteiger partial charge is 0.267 e. The van der Waals surface area contributed by atoms with Gasteiger partial charge in [0.1, 0.15) is 6.54 Å². The second-order valence-electron chi connectivity index (χ2n) is 5.28. The first-order valence-corrected chi connectivity index (χ1v) is 7.33. The van der Waals surface area contributed by atoms with Crippen molar-refractivity contribution >= 4 is 5.91 Å². The first-order valence-electron chi connectivity index (χ1n) is 7.33. The Labute approximate surface area is 137 Å². The largest absolute Gasteiger partial charge is 0.350 e. The third kappa shape index (κ3) is 3.72. The van der Waals surface area contributed by atoms with Gasteiger partial charge < -0.3 is 5.32 Å². The molecule has 0 aliphatic carbocycles. The van der Waals surface area contributed by atoms with E-state index in [0.29, 0.717) is 6.54 Å². The Morgan fingerprint density at radius 2 is 2.08 bits per heavy atom. The average Bonchev–Trinajstić information content (AvgIpc) is 3.02. The van der Waals surface area contributed by atoms with Crippen LogP contribution in [0.25, 0.3) is 11.1 Å². The van der Waals surface area contributed by atoms with Gasteiger partial charge in [-0.05, 0) is 17.7 Å². The van der Waals surface area contributed by atoms with E-state index < -0.39 is 0 Å². The van der Waals surface area contributed by atoms with Gasteiger partial charge in [-0.2, -0.15) is 10.2 Å². The Hall–Kier alpha value is -3.29. The van der Waals surface area contributed by atoms with Crippen LogP contribution >= 0.6 is 0 Å². The van der Waals surface area contributed by atoms with Crippen molar-refractivity contribution in [3.8, 4) is 11.1 Å². The van der Waals surface area contributed by atoms with Crippen LogP contribution in [0.5, 0.6) is 0 Å². The lowest BCUT2D eigenvalue weighted by Gasteiger charge is -2.07. The Kier molecular flexibility index (Phi) is 4.46. The van der Waals surface area contributed by atoms with Crippen LogP contribution < -0.4 is 10.9 Å². The summed E-state index contributed by atoms with van der Waals surface area (Å²) in [5, 5.41) is 10.7. The number of aromatic nitrogens is 5. The van der Waals surface area contributed by atoms with Crippen LogP contribution in [-0.4, -0.2) is 30.5 Å². The fourth-order valence-corrected chi connectivity index (χ4v) is 2.21. The van der Waals surface area contributed by atoms with Gasteiger partial charge in [-0.25, -0.2) is 4.68 Å². The number of hydrogen-bond acceptors (Lipinski definition) is 5. The molecule has 8 heteroatoms. The standard InChI is InChI=1S/C16H16N6O2/c1-21-10-14(9-20-21)13-5-12(6-17-8-13)7-18-15(23)11-22-16(24)3-2-4-19-22/h2-6,8-10H,7,11H2,1H3,(H,18,23). The molecular weight excluding hydrogens is 308 g/mol. The highest BCUT2D eigenvalue weighted by Gasteiger charge is 2.06. The number of carbonyl (C=O) groups excluding carboxylic acids is 1. The monoisotopic (exact) mass is 324 g/mol. The maximum absolute atomic E-state index is 12.0. The first-order chi connectivity index (χ1) is 11.6. The van der Waals surface area contributed by atoms with Crippen molar-refractivity contribution in [2.75, 3.05) is 0 Å². The molecule has 1 amide bonds. The molecule has 0 aliphatic heterocycles. The molecule has 0 saturated heterocycles. The van der Waals surface area contributed by atoms with Crippen LogP contribution in [0.1, 0.15) is 5.56 Å². The number of carbonyl (C=O) groups is 1. The van der Waals surface area contributed by atoms with Crippen molar-refractivity contribution in [3.05, 3.63) is 65.1 Å². The number of nitrogens with zero attached hydrogens (tertiary/aromatic N) is 5. The van der Waals surface area contributed by atoms with Crippen molar-refractivity contribution in [2.24, 2.45) is 7.05 Å². The van der Waals surface area contributed by atoms with E-state index in [0.717, 1.165) is 21.4 Å². The van der Waals surface area contributed by atoms with Gasteiger partial charge in [0.25, 0.3) is 5.56 Å². The molecule has 3 aromatic heterocycles. The van der Waals surface area contributed by atoms with E-state index in [1.165, 1.54) is 18.3 Å². The Morgan fingerprint density at radius 3 is 2.83 bits per heavy atom. The van der Waals surface area contributed by atoms with E-state index >= 15 is 0 Å². The predicted octanol–water partition coefficient (Wildman–Crippen LogP) is 0.355. The van der Waals surface area contributed by atoms with Gasteiger partial charge in [0.05, 0.1) is 6.20 Å². The highest BCUT2D eigenvalue weighted by molar-refractivity contribution is 5.75. The first kappa shape index (κ1) is 15.6. The summed E-state index contributed by atoms with van der Waals surface area (Å²) in [7, 11) is 1.85. The molecule has 1 N–H and O–H groups in total. The van der Waals surface area contributed by atoms with Crippen LogP contribution in [0.3, 0.4) is 0 Å². The number of amides is 1. The molecule has 122 valence electrons. The zero-order valence-electron chi connectivity index (χ0n) is 13.1. The molecule has 0 aliphatic rings. The van der Waals surface area contributed by atoms with E-state index in [-0.39, 0.29) is 18.0 Å². The second-order valence-corrected chi connectivity index (χ2v) is 5.28. The third-order valence-electron chi connectivity index (χ3n) is 3.40. The SMILES string of the molecule is Cn1cc(-c2cncc(CNC(=O)Cn3ncccc3=O)c2)cn1. The molecule has 3 heterocycles. The predicted molar refractivity (Wildman–Crippen MR) is 86.8 cm³/mol. The fourth-order valence-electron chi connectivity index (χ4n) is 2.21. The van der Waals surface area contributed by atoms with E-state index in [2.05, 4.69) is 20.5 Å². The van der Waals surface area contributed by atoms with Crippen LogP contribution in [0.15, 0.2) is 54.0 Å². The van der Waals surface area contributed by atoms with Gasteiger partial charge in [-0.15, -0.1) is 0 Å². The summed E-state index contributed by atoms with van der Waals surface area (Å²) >= 11 is 0. The van der Waals surface area contributed by atoms with Crippen molar-refractivity contribution in [2.45, 2.75) is 13.1 Å². The number of pyridine rings is 1. The van der Waals surface area contributed by atoms with Gasteiger partial charge in [0, 0.05) is 55.6 Å². The quantitative estimate of drug-likeness (QED) is 0.731. The lowest BCUT2D eigenvalue weighted by Crippen LogP contribution is -2.32. The minimum atomic E-state index is -0.312. The number of aryl methyl sites for hydroxylation is 1. The summed E-state index contributed by atoms with van der Waals surface area (Å²) in [5.74, 6) is -0.289. The normalized spacial score (nSPS) is 10.5. The summed E-state index contributed by atoms with van der Waals surface area (Å²) in [6, 6.07) is 4.84. The third-order valence-corrected chi connectivity index (χ3v) is 3.40. The molecule has 3 rings (SSSR count). The lowest BCUT2D eigenvalue weighted by molar-refractivity contribution is -0.122. The summed E-state index contributed by atoms with van der Waals surface area (Å²) in [4.78, 5) is 27.7. The van der Waals surface area contributed by atoms with Gasteiger partial charge in [-0.3, -0.25) is 19.3 Å². The Bertz CT molecular complexity index is 914. The van der Waals surface area contributed by atoms with E-state index in [1.807, 2.05) is 19.3 Å². The van der Waals surface area contributed by atoms with Crippen LogP contribution in [0, 0.1) is 0 Å². The maximum Gasteiger partial charge on any atom is 0.267 e. The molecule has 0 atom stereocenters. The zero-order valence-corrected chi connectivity index (χ0v) is 13.1. The molecule has 0 aromatic carbocycles. The minimum Gasteiger partial charge on any atom is -0.350 e. The summed E-state index contributed by atoms with van der Waals surface area (Å²) in [6.45, 7) is 0.205. The van der Waals surface area contributed by atoms with Crippen molar-refractivity contribution in [3.63, 3.8) is 0 Å². The van der Waals surface area contributed by atoms with E-state index in [4.69, 9.17) is 0 Å². The Morgan fingerprint density at radius 1 is 1.21 bits per heavy atom. The molecule has 8 nitrogen and oxygen atoms in total. The van der Waals surface area contributed by atoms with Crippen LogP contribution in [0.2, 0.25) is 0 Å². The fraction of sp³-hybridized carbons (Fsp3) is 0.188. The summed E-state index contributed by atoms with van der Waals surface area (Å²) in [5.41, 5.74) is 2.43. The molecular formula is C16H16N6O2. The molecule has 0 spiro atoms. The van der Waals surface area contributed by atoms with Gasteiger partial charge in [0.2, 0.25) is 5.91 Å². The average molecular weight is 324 g/mol. The van der Waals surface area contributed by atoms with E-state index in [1.54, 1.807) is 23.3 Å². The van der Waals surface area contributed by atoms with Crippen molar-refractivity contribution in [1.29, 1.82) is 0 Å². The summed E-state index contributed by atoms with van der Waals surface area (Å²) in [6.07, 6.45) is 8.55. The van der Waals surface area contributed by atoms with E-state index in [9.17, 15) is 9.59 Å². The number of nitrogens with one attached hydrogen (secondary N) is 1. The molecule has 0 radical (unpaired) electrons. The molecule has 24 heavy (non-hydrogen) atoms. The molecule has 0 unspecified atom stereocenters. The second kappa shape index (κ2) is 6.86. The molecule has 3 aromatic rings.